The molecule has 0 saturated heterocycles. The Labute approximate surface area is 79.2 Å². The summed E-state index contributed by atoms with van der Waals surface area (Å²) in [5.41, 5.74) is 0. The second-order valence-corrected chi connectivity index (χ2v) is 2.76. The predicted molar refractivity (Wildman–Crippen MR) is 54.0 cm³/mol. The van der Waals surface area contributed by atoms with Crippen molar-refractivity contribution in [2.45, 2.75) is 26.2 Å². The SMILES string of the molecule is CCCC/[C]=N\Oc1ccccc1. The zero-order valence-electron chi connectivity index (χ0n) is 7.86. The van der Waals surface area contributed by atoms with Gasteiger partial charge in [0.15, 0.2) is 5.75 Å². The molecule has 0 bridgehead atoms. The molecule has 0 saturated carbocycles. The van der Waals surface area contributed by atoms with Gasteiger partial charge in [0, 0.05) is 0 Å². The van der Waals surface area contributed by atoms with Crippen molar-refractivity contribution >= 4 is 6.21 Å². The zero-order chi connectivity index (χ0) is 9.36. The monoisotopic (exact) mass is 176 g/mol. The molecule has 0 unspecified atom stereocenters. The molecule has 13 heavy (non-hydrogen) atoms. The molecule has 2 nitrogen and oxygen atoms in total. The van der Waals surface area contributed by atoms with Crippen LogP contribution in [0.5, 0.6) is 5.75 Å². The second kappa shape index (κ2) is 6.23. The molecule has 1 aromatic rings. The number of nitrogens with zero attached hydrogens (tertiary/aromatic N) is 1. The fourth-order valence-electron chi connectivity index (χ4n) is 0.868. The Morgan fingerprint density at radius 3 is 2.77 bits per heavy atom. The van der Waals surface area contributed by atoms with E-state index in [-0.39, 0.29) is 0 Å². The summed E-state index contributed by atoms with van der Waals surface area (Å²) in [4.78, 5) is 5.07. The van der Waals surface area contributed by atoms with Crippen LogP contribution in [0, 0.1) is 0 Å². The van der Waals surface area contributed by atoms with E-state index >= 15 is 0 Å². The molecule has 1 rings (SSSR count). The molecule has 0 aromatic heterocycles. The van der Waals surface area contributed by atoms with Crippen LogP contribution in [0.25, 0.3) is 0 Å². The van der Waals surface area contributed by atoms with Gasteiger partial charge in [-0.1, -0.05) is 36.7 Å². The van der Waals surface area contributed by atoms with Gasteiger partial charge in [-0.25, -0.2) is 0 Å². The lowest BCUT2D eigenvalue weighted by molar-refractivity contribution is 0.342. The molecule has 0 spiro atoms. The van der Waals surface area contributed by atoms with Crippen LogP contribution in [0.4, 0.5) is 0 Å². The van der Waals surface area contributed by atoms with Gasteiger partial charge in [0.2, 0.25) is 0 Å². The van der Waals surface area contributed by atoms with Crippen LogP contribution in [0.2, 0.25) is 0 Å². The molecule has 2 heteroatoms. The molecular formula is C11H14NO. The molecule has 0 aliphatic heterocycles. The van der Waals surface area contributed by atoms with Crippen molar-refractivity contribution in [2.24, 2.45) is 5.16 Å². The van der Waals surface area contributed by atoms with E-state index < -0.39 is 0 Å². The zero-order valence-corrected chi connectivity index (χ0v) is 7.86. The van der Waals surface area contributed by atoms with Crippen LogP contribution in [-0.2, 0) is 0 Å². The molecule has 0 N–H and O–H groups in total. The molecule has 0 aliphatic carbocycles. The molecule has 69 valence electrons. The van der Waals surface area contributed by atoms with Crippen LogP contribution in [0.1, 0.15) is 26.2 Å². The van der Waals surface area contributed by atoms with E-state index in [2.05, 4.69) is 18.3 Å². The first-order chi connectivity index (χ1) is 6.43. The summed E-state index contributed by atoms with van der Waals surface area (Å²) in [5, 5.41) is 3.73. The summed E-state index contributed by atoms with van der Waals surface area (Å²) in [6.07, 6.45) is 5.98. The molecule has 1 aromatic carbocycles. The van der Waals surface area contributed by atoms with E-state index in [4.69, 9.17) is 4.84 Å². The van der Waals surface area contributed by atoms with E-state index in [1.54, 1.807) is 0 Å². The Kier molecular flexibility index (Phi) is 4.69. The average molecular weight is 176 g/mol. The fourth-order valence-corrected chi connectivity index (χ4v) is 0.868. The molecular weight excluding hydrogens is 162 g/mol. The minimum atomic E-state index is 0.756. The standard InChI is InChI=1S/C11H14NO/c1-2-3-7-10-12-13-11-8-5-4-6-9-11/h4-6,8-9H,2-3,7H2,1H3. The Hall–Kier alpha value is -1.31. The molecule has 1 radical (unpaired) electrons. The van der Waals surface area contributed by atoms with E-state index in [1.165, 1.54) is 0 Å². The average Bonchev–Trinajstić information content (AvgIpc) is 2.19. The Balaban J connectivity index is 2.23. The van der Waals surface area contributed by atoms with Gasteiger partial charge in [0.05, 0.1) is 0 Å². The van der Waals surface area contributed by atoms with Gasteiger partial charge in [-0.3, -0.25) is 0 Å². The molecule has 0 aliphatic rings. The van der Waals surface area contributed by atoms with Gasteiger partial charge in [-0.15, -0.1) is 0 Å². The summed E-state index contributed by atoms with van der Waals surface area (Å²) in [7, 11) is 0. The first-order valence-electron chi connectivity index (χ1n) is 4.58. The molecule has 0 fully saturated rings. The van der Waals surface area contributed by atoms with E-state index in [0.29, 0.717) is 0 Å². The summed E-state index contributed by atoms with van der Waals surface area (Å²) in [6, 6.07) is 9.50. The highest BCUT2D eigenvalue weighted by molar-refractivity contribution is 5.56. The van der Waals surface area contributed by atoms with Crippen LogP contribution in [0.3, 0.4) is 0 Å². The van der Waals surface area contributed by atoms with E-state index in [9.17, 15) is 0 Å². The van der Waals surface area contributed by atoms with E-state index in [1.807, 2.05) is 30.3 Å². The van der Waals surface area contributed by atoms with Crippen LogP contribution >= 0.6 is 0 Å². The van der Waals surface area contributed by atoms with Crippen molar-refractivity contribution < 1.29 is 4.84 Å². The summed E-state index contributed by atoms with van der Waals surface area (Å²) >= 11 is 0. The lowest BCUT2D eigenvalue weighted by atomic mass is 10.3. The Morgan fingerprint density at radius 2 is 2.08 bits per heavy atom. The second-order valence-electron chi connectivity index (χ2n) is 2.76. The number of unbranched alkanes of at least 4 members (excludes halogenated alkanes) is 2. The molecule has 0 heterocycles. The Bertz CT molecular complexity index is 244. The highest BCUT2D eigenvalue weighted by Gasteiger charge is 1.87. The highest BCUT2D eigenvalue weighted by Crippen LogP contribution is 2.07. The topological polar surface area (TPSA) is 21.6 Å². The normalized spacial score (nSPS) is 10.5. The van der Waals surface area contributed by atoms with Crippen molar-refractivity contribution in [1.82, 2.24) is 0 Å². The maximum atomic E-state index is 5.07. The number of hydrogen-bond acceptors (Lipinski definition) is 2. The maximum absolute atomic E-state index is 5.07. The third-order valence-electron chi connectivity index (χ3n) is 1.60. The summed E-state index contributed by atoms with van der Waals surface area (Å²) in [5.74, 6) is 0.756. The van der Waals surface area contributed by atoms with Gasteiger partial charge in [-0.05, 0) is 25.0 Å². The minimum absolute atomic E-state index is 0.756. The number of hydrogen-bond donors (Lipinski definition) is 0. The quantitative estimate of drug-likeness (QED) is 0.383. The van der Waals surface area contributed by atoms with Crippen LogP contribution < -0.4 is 4.84 Å². The van der Waals surface area contributed by atoms with Gasteiger partial charge >= 0.3 is 0 Å². The Morgan fingerprint density at radius 1 is 1.31 bits per heavy atom. The maximum Gasteiger partial charge on any atom is 0.157 e. The molecule has 0 amide bonds. The third kappa shape index (κ3) is 4.31. The predicted octanol–water partition coefficient (Wildman–Crippen LogP) is 3.12. The highest BCUT2D eigenvalue weighted by atomic mass is 16.6. The first-order valence-corrected chi connectivity index (χ1v) is 4.58. The minimum Gasteiger partial charge on any atom is -0.357 e. The lowest BCUT2D eigenvalue weighted by Gasteiger charge is -1.95. The van der Waals surface area contributed by atoms with Crippen molar-refractivity contribution in [3.8, 4) is 5.75 Å². The van der Waals surface area contributed by atoms with Gasteiger partial charge in [0.1, 0.15) is 6.21 Å². The smallest absolute Gasteiger partial charge is 0.157 e. The van der Waals surface area contributed by atoms with Crippen LogP contribution in [0.15, 0.2) is 35.5 Å². The number of rotatable bonds is 5. The number of benzene rings is 1. The van der Waals surface area contributed by atoms with Gasteiger partial charge in [-0.2, -0.15) is 0 Å². The van der Waals surface area contributed by atoms with Crippen LogP contribution in [-0.4, -0.2) is 6.21 Å². The van der Waals surface area contributed by atoms with Crippen molar-refractivity contribution in [3.05, 3.63) is 30.3 Å². The summed E-state index contributed by atoms with van der Waals surface area (Å²) in [6.45, 7) is 2.14. The largest absolute Gasteiger partial charge is 0.357 e. The third-order valence-corrected chi connectivity index (χ3v) is 1.60. The van der Waals surface area contributed by atoms with Gasteiger partial charge < -0.3 is 4.84 Å². The van der Waals surface area contributed by atoms with E-state index in [0.717, 1.165) is 25.0 Å². The summed E-state index contributed by atoms with van der Waals surface area (Å²) < 4.78 is 0. The van der Waals surface area contributed by atoms with Crippen molar-refractivity contribution in [2.75, 3.05) is 0 Å². The molecule has 0 atom stereocenters. The van der Waals surface area contributed by atoms with Crippen molar-refractivity contribution in [3.63, 3.8) is 0 Å². The number of para-hydroxylation sites is 1. The lowest BCUT2D eigenvalue weighted by Crippen LogP contribution is -1.84. The fraction of sp³-hybridized carbons (Fsp3) is 0.364. The first kappa shape index (κ1) is 9.78. The van der Waals surface area contributed by atoms with Gasteiger partial charge in [0.25, 0.3) is 0 Å². The van der Waals surface area contributed by atoms with Crippen molar-refractivity contribution in [1.29, 1.82) is 0 Å².